The quantitative estimate of drug-likeness (QED) is 0.399. The number of aromatic amines is 1. The smallest absolute Gasteiger partial charge is 0.335 e. The molecule has 2 heterocycles. The summed E-state index contributed by atoms with van der Waals surface area (Å²) in [5, 5.41) is 21.5. The van der Waals surface area contributed by atoms with Crippen molar-refractivity contribution in [3.05, 3.63) is 89.1 Å². The van der Waals surface area contributed by atoms with E-state index in [-0.39, 0.29) is 10.5 Å². The second-order valence-corrected chi connectivity index (χ2v) is 10.0. The molecule has 8 nitrogen and oxygen atoms in total. The number of aromatic nitrogens is 4. The zero-order chi connectivity index (χ0) is 23.2. The van der Waals surface area contributed by atoms with E-state index in [1.165, 1.54) is 6.26 Å². The van der Waals surface area contributed by atoms with E-state index in [1.807, 2.05) is 35.0 Å². The SMILES string of the molecule is CS(=O)(=O)c1ccc(Cn2cc(Cc3cccc4n[nH]nc34)c3ccc(C(=O)O)cc32)cc1. The van der Waals surface area contributed by atoms with Gasteiger partial charge in [-0.25, -0.2) is 13.2 Å². The summed E-state index contributed by atoms with van der Waals surface area (Å²) in [6.45, 7) is 0.470. The summed E-state index contributed by atoms with van der Waals surface area (Å²) in [7, 11) is -3.27. The molecule has 5 rings (SSSR count). The Labute approximate surface area is 189 Å². The highest BCUT2D eigenvalue weighted by Gasteiger charge is 2.15. The minimum absolute atomic E-state index is 0.208. The zero-order valence-electron chi connectivity index (χ0n) is 17.7. The molecule has 0 unspecified atom stereocenters. The normalized spacial score (nSPS) is 11.9. The van der Waals surface area contributed by atoms with Crippen LogP contribution in [0.5, 0.6) is 0 Å². The largest absolute Gasteiger partial charge is 0.478 e. The summed E-state index contributed by atoms with van der Waals surface area (Å²) in [5.74, 6) is -0.990. The highest BCUT2D eigenvalue weighted by Crippen LogP contribution is 2.28. The fourth-order valence-corrected chi connectivity index (χ4v) is 4.72. The maximum absolute atomic E-state index is 11.8. The number of hydrogen-bond donors (Lipinski definition) is 2. The van der Waals surface area contributed by atoms with E-state index in [1.54, 1.807) is 36.4 Å². The Morgan fingerprint density at radius 2 is 1.82 bits per heavy atom. The molecule has 0 atom stereocenters. The first kappa shape index (κ1) is 20.9. The van der Waals surface area contributed by atoms with E-state index in [9.17, 15) is 18.3 Å². The number of nitrogens with one attached hydrogen (secondary N) is 1. The molecule has 0 fully saturated rings. The first-order valence-corrected chi connectivity index (χ1v) is 12.1. The van der Waals surface area contributed by atoms with Gasteiger partial charge in [0.15, 0.2) is 9.84 Å². The van der Waals surface area contributed by atoms with Crippen LogP contribution in [0.4, 0.5) is 0 Å². The predicted molar refractivity (Wildman–Crippen MR) is 124 cm³/mol. The number of carboxylic acid groups (broad SMARTS) is 1. The van der Waals surface area contributed by atoms with Crippen LogP contribution in [-0.2, 0) is 22.8 Å². The van der Waals surface area contributed by atoms with Crippen molar-refractivity contribution in [1.29, 1.82) is 0 Å². The summed E-state index contributed by atoms with van der Waals surface area (Å²) in [6, 6.07) is 17.7. The molecule has 0 aliphatic carbocycles. The minimum atomic E-state index is -3.27. The topological polar surface area (TPSA) is 118 Å². The van der Waals surface area contributed by atoms with Gasteiger partial charge < -0.3 is 9.67 Å². The molecule has 0 bridgehead atoms. The summed E-state index contributed by atoms with van der Waals surface area (Å²) in [4.78, 5) is 11.8. The van der Waals surface area contributed by atoms with Gasteiger partial charge in [-0.2, -0.15) is 15.4 Å². The molecule has 2 aromatic heterocycles. The Morgan fingerprint density at radius 1 is 1.03 bits per heavy atom. The molecule has 33 heavy (non-hydrogen) atoms. The van der Waals surface area contributed by atoms with E-state index in [4.69, 9.17) is 0 Å². The van der Waals surface area contributed by atoms with Gasteiger partial charge in [0.1, 0.15) is 11.0 Å². The lowest BCUT2D eigenvalue weighted by Gasteiger charge is -2.07. The van der Waals surface area contributed by atoms with E-state index in [2.05, 4.69) is 15.4 Å². The Kier molecular flexibility index (Phi) is 4.98. The van der Waals surface area contributed by atoms with Crippen LogP contribution in [-0.4, -0.2) is 45.7 Å². The van der Waals surface area contributed by atoms with E-state index in [0.29, 0.717) is 13.0 Å². The number of sulfone groups is 1. The number of nitrogens with zero attached hydrogens (tertiary/aromatic N) is 3. The van der Waals surface area contributed by atoms with Crippen molar-refractivity contribution < 1.29 is 18.3 Å². The second-order valence-electron chi connectivity index (χ2n) is 8.02. The van der Waals surface area contributed by atoms with Crippen LogP contribution in [0.15, 0.2) is 71.8 Å². The highest BCUT2D eigenvalue weighted by molar-refractivity contribution is 7.90. The van der Waals surface area contributed by atoms with Crippen molar-refractivity contribution in [2.45, 2.75) is 17.9 Å². The molecule has 0 saturated heterocycles. The third-order valence-electron chi connectivity index (χ3n) is 5.73. The molecular weight excluding hydrogens is 440 g/mol. The Morgan fingerprint density at radius 3 is 2.55 bits per heavy atom. The Hall–Kier alpha value is -3.98. The van der Waals surface area contributed by atoms with Gasteiger partial charge in [0.05, 0.1) is 10.5 Å². The number of hydrogen-bond acceptors (Lipinski definition) is 5. The molecule has 0 radical (unpaired) electrons. The molecule has 166 valence electrons. The molecule has 0 amide bonds. The van der Waals surface area contributed by atoms with E-state index in [0.717, 1.165) is 38.6 Å². The molecule has 0 aliphatic rings. The van der Waals surface area contributed by atoms with Gasteiger partial charge in [0, 0.05) is 36.3 Å². The van der Waals surface area contributed by atoms with Crippen molar-refractivity contribution >= 4 is 37.7 Å². The third kappa shape index (κ3) is 3.98. The minimum Gasteiger partial charge on any atom is -0.478 e. The van der Waals surface area contributed by atoms with Crippen molar-refractivity contribution in [2.75, 3.05) is 6.26 Å². The number of rotatable bonds is 6. The molecule has 3 aromatic carbocycles. The predicted octanol–water partition coefficient (Wildman–Crippen LogP) is 3.65. The molecule has 0 saturated carbocycles. The van der Waals surface area contributed by atoms with Crippen LogP contribution in [0.25, 0.3) is 21.9 Å². The molecular formula is C24H20N4O4S. The average molecular weight is 461 g/mol. The number of benzene rings is 3. The maximum atomic E-state index is 11.8. The number of para-hydroxylation sites is 1. The van der Waals surface area contributed by atoms with Crippen molar-refractivity contribution in [3.63, 3.8) is 0 Å². The van der Waals surface area contributed by atoms with E-state index >= 15 is 0 Å². The standard InChI is InChI=1S/C24H20N4O4S/c1-33(31,32)19-8-5-15(6-9-19)13-28-14-18(20-10-7-17(24(29)30)12-22(20)28)11-16-3-2-4-21-23(16)26-27-25-21/h2-10,12,14H,11,13H2,1H3,(H,29,30)(H,25,26,27). The number of H-pyrrole nitrogens is 1. The number of carboxylic acids is 1. The first-order valence-electron chi connectivity index (χ1n) is 10.2. The van der Waals surface area contributed by atoms with Gasteiger partial charge in [0.2, 0.25) is 0 Å². The molecule has 0 spiro atoms. The monoisotopic (exact) mass is 460 g/mol. The van der Waals surface area contributed by atoms with Crippen molar-refractivity contribution in [2.24, 2.45) is 0 Å². The Bertz CT molecular complexity index is 1620. The van der Waals surface area contributed by atoms with Crippen molar-refractivity contribution in [3.8, 4) is 0 Å². The van der Waals surface area contributed by atoms with Crippen LogP contribution >= 0.6 is 0 Å². The fourth-order valence-electron chi connectivity index (χ4n) is 4.09. The van der Waals surface area contributed by atoms with Crippen LogP contribution < -0.4 is 0 Å². The number of aromatic carboxylic acids is 1. The highest BCUT2D eigenvalue weighted by atomic mass is 32.2. The molecule has 5 aromatic rings. The van der Waals surface area contributed by atoms with Crippen LogP contribution in [0.1, 0.15) is 27.0 Å². The summed E-state index contributed by atoms with van der Waals surface area (Å²) in [6.07, 6.45) is 3.79. The van der Waals surface area contributed by atoms with Gasteiger partial charge >= 0.3 is 5.97 Å². The summed E-state index contributed by atoms with van der Waals surface area (Å²) in [5.41, 5.74) is 5.55. The van der Waals surface area contributed by atoms with E-state index < -0.39 is 15.8 Å². The van der Waals surface area contributed by atoms with Crippen LogP contribution in [0.2, 0.25) is 0 Å². The van der Waals surface area contributed by atoms with Gasteiger partial charge in [-0.05, 0) is 47.0 Å². The van der Waals surface area contributed by atoms with Crippen LogP contribution in [0, 0.1) is 0 Å². The maximum Gasteiger partial charge on any atom is 0.335 e. The molecule has 0 aliphatic heterocycles. The third-order valence-corrected chi connectivity index (χ3v) is 6.86. The Balaban J connectivity index is 1.58. The summed E-state index contributed by atoms with van der Waals surface area (Å²) < 4.78 is 25.5. The zero-order valence-corrected chi connectivity index (χ0v) is 18.5. The van der Waals surface area contributed by atoms with Gasteiger partial charge in [-0.15, -0.1) is 0 Å². The van der Waals surface area contributed by atoms with Gasteiger partial charge in [-0.3, -0.25) is 0 Å². The lowest BCUT2D eigenvalue weighted by atomic mass is 10.0. The molecule has 9 heteroatoms. The average Bonchev–Trinajstić information content (AvgIpc) is 3.39. The van der Waals surface area contributed by atoms with Gasteiger partial charge in [0.25, 0.3) is 0 Å². The van der Waals surface area contributed by atoms with Gasteiger partial charge in [-0.1, -0.05) is 30.3 Å². The van der Waals surface area contributed by atoms with Crippen LogP contribution in [0.3, 0.4) is 0 Å². The first-order chi connectivity index (χ1) is 15.8. The molecule has 2 N–H and O–H groups in total. The number of fused-ring (bicyclic) bond motifs is 2. The fraction of sp³-hybridized carbons (Fsp3) is 0.125. The summed E-state index contributed by atoms with van der Waals surface area (Å²) >= 11 is 0. The lowest BCUT2D eigenvalue weighted by molar-refractivity contribution is 0.0697. The second kappa shape index (κ2) is 7.86. The van der Waals surface area contributed by atoms with Crippen molar-refractivity contribution in [1.82, 2.24) is 20.0 Å². The lowest BCUT2D eigenvalue weighted by Crippen LogP contribution is -2.01. The number of carbonyl (C=O) groups is 1.